The molecule has 9 heteroatoms. The number of thioether (sulfide) groups is 1. The average molecular weight is 454 g/mol. The van der Waals surface area contributed by atoms with E-state index in [2.05, 4.69) is 16.9 Å². The minimum Gasteiger partial charge on any atom is -0.508 e. The van der Waals surface area contributed by atoms with E-state index in [-0.39, 0.29) is 37.1 Å². The van der Waals surface area contributed by atoms with E-state index >= 15 is 0 Å². The molecule has 1 aliphatic heterocycles. The van der Waals surface area contributed by atoms with Crippen LogP contribution >= 0.6 is 11.8 Å². The van der Waals surface area contributed by atoms with E-state index in [4.69, 9.17) is 4.74 Å². The predicted molar refractivity (Wildman–Crippen MR) is 124 cm³/mol. The number of aliphatic imine (C=N–C) groups is 1. The summed E-state index contributed by atoms with van der Waals surface area (Å²) in [6.07, 6.45) is 1.56. The number of amidine groups is 1. The topological polar surface area (TPSA) is 108 Å². The fraction of sp³-hybridized carbons (Fsp3) is 0.217. The summed E-state index contributed by atoms with van der Waals surface area (Å²) in [6, 6.07) is 12.6. The van der Waals surface area contributed by atoms with Gasteiger partial charge in [0.2, 0.25) is 11.8 Å². The Labute approximate surface area is 190 Å². The molecule has 1 aliphatic rings. The van der Waals surface area contributed by atoms with Gasteiger partial charge in [0.05, 0.1) is 17.9 Å². The summed E-state index contributed by atoms with van der Waals surface area (Å²) < 4.78 is 4.94. The highest BCUT2D eigenvalue weighted by Gasteiger charge is 2.38. The van der Waals surface area contributed by atoms with Crippen LogP contribution in [0, 0.1) is 0 Å². The number of hydrogen-bond donors (Lipinski definition) is 2. The molecule has 2 aromatic rings. The first kappa shape index (κ1) is 23.1. The van der Waals surface area contributed by atoms with Crippen molar-refractivity contribution in [3.05, 3.63) is 66.7 Å². The fourth-order valence-electron chi connectivity index (χ4n) is 2.94. The van der Waals surface area contributed by atoms with Crippen LogP contribution in [0.4, 0.5) is 11.4 Å². The second-order valence-corrected chi connectivity index (χ2v) is 7.97. The zero-order valence-electron chi connectivity index (χ0n) is 17.5. The number of carbonyl (C=O) groups excluding carboxylic acids is 3. The van der Waals surface area contributed by atoms with Crippen molar-refractivity contribution < 1.29 is 24.2 Å². The third kappa shape index (κ3) is 5.76. The van der Waals surface area contributed by atoms with E-state index in [1.165, 1.54) is 28.8 Å². The van der Waals surface area contributed by atoms with E-state index in [0.29, 0.717) is 22.1 Å². The fourth-order valence-corrected chi connectivity index (χ4v) is 4.11. The van der Waals surface area contributed by atoms with E-state index in [1.54, 1.807) is 49.4 Å². The van der Waals surface area contributed by atoms with Gasteiger partial charge in [0, 0.05) is 18.7 Å². The van der Waals surface area contributed by atoms with Crippen molar-refractivity contribution in [2.75, 3.05) is 18.5 Å². The number of rotatable bonds is 8. The summed E-state index contributed by atoms with van der Waals surface area (Å²) in [6.45, 7) is 5.97. The Morgan fingerprint density at radius 2 is 1.91 bits per heavy atom. The van der Waals surface area contributed by atoms with Crippen LogP contribution in [0.2, 0.25) is 0 Å². The number of aromatic hydroxyl groups is 1. The standard InChI is InChI=1S/C23H23N3O5S/c1-3-13-26-21(29)19(32-23(26)25-17-9-11-18(27)12-10-17)14-20(28)24-16-7-5-15(6-8-16)22(30)31-4-2/h3,5-12,19,27H,1,4,13-14H2,2H3,(H,24,28)/t19-/m0/s1. The smallest absolute Gasteiger partial charge is 0.338 e. The van der Waals surface area contributed by atoms with E-state index in [9.17, 15) is 19.5 Å². The molecule has 2 amide bonds. The molecule has 2 N–H and O–H groups in total. The zero-order chi connectivity index (χ0) is 23.1. The van der Waals surface area contributed by atoms with Crippen LogP contribution in [-0.2, 0) is 14.3 Å². The van der Waals surface area contributed by atoms with Crippen LogP contribution in [0.3, 0.4) is 0 Å². The minimum atomic E-state index is -0.621. The molecule has 8 nitrogen and oxygen atoms in total. The Hall–Kier alpha value is -3.59. The van der Waals surface area contributed by atoms with Crippen molar-refractivity contribution in [1.82, 2.24) is 4.90 Å². The molecule has 0 radical (unpaired) electrons. The highest BCUT2D eigenvalue weighted by molar-refractivity contribution is 8.15. The first-order valence-corrected chi connectivity index (χ1v) is 10.8. The molecule has 166 valence electrons. The summed E-state index contributed by atoms with van der Waals surface area (Å²) in [5.41, 5.74) is 1.49. The molecule has 0 aliphatic carbocycles. The molecule has 2 aromatic carbocycles. The lowest BCUT2D eigenvalue weighted by Gasteiger charge is -2.13. The first-order chi connectivity index (χ1) is 15.4. The van der Waals surface area contributed by atoms with Crippen molar-refractivity contribution in [1.29, 1.82) is 0 Å². The van der Waals surface area contributed by atoms with E-state index < -0.39 is 11.2 Å². The lowest BCUT2D eigenvalue weighted by atomic mass is 10.2. The van der Waals surface area contributed by atoms with Crippen LogP contribution < -0.4 is 5.32 Å². The molecule has 32 heavy (non-hydrogen) atoms. The molecule has 0 unspecified atom stereocenters. The Kier molecular flexibility index (Phi) is 7.67. The lowest BCUT2D eigenvalue weighted by molar-refractivity contribution is -0.127. The molecule has 0 spiro atoms. The minimum absolute atomic E-state index is 0.0363. The van der Waals surface area contributed by atoms with Gasteiger partial charge < -0.3 is 15.2 Å². The highest BCUT2D eigenvalue weighted by atomic mass is 32.2. The molecule has 1 saturated heterocycles. The monoisotopic (exact) mass is 453 g/mol. The molecule has 1 fully saturated rings. The maximum Gasteiger partial charge on any atom is 0.338 e. The molecule has 3 rings (SSSR count). The summed E-state index contributed by atoms with van der Waals surface area (Å²) in [7, 11) is 0. The summed E-state index contributed by atoms with van der Waals surface area (Å²) in [5.74, 6) is -0.859. The van der Waals surface area contributed by atoms with Gasteiger partial charge in [-0.15, -0.1) is 6.58 Å². The maximum atomic E-state index is 12.8. The SMILES string of the molecule is C=CCN1C(=O)[C@H](CC(=O)Nc2ccc(C(=O)OCC)cc2)SC1=Nc1ccc(O)cc1. The van der Waals surface area contributed by atoms with Gasteiger partial charge in [-0.2, -0.15) is 0 Å². The Morgan fingerprint density at radius 1 is 1.22 bits per heavy atom. The van der Waals surface area contributed by atoms with Crippen molar-refractivity contribution in [3.8, 4) is 5.75 Å². The molecule has 0 aromatic heterocycles. The van der Waals surface area contributed by atoms with Gasteiger partial charge in [-0.05, 0) is 55.5 Å². The van der Waals surface area contributed by atoms with Gasteiger partial charge in [-0.25, -0.2) is 9.79 Å². The van der Waals surface area contributed by atoms with Gasteiger partial charge in [0.15, 0.2) is 5.17 Å². The van der Waals surface area contributed by atoms with Crippen LogP contribution in [0.1, 0.15) is 23.7 Å². The lowest BCUT2D eigenvalue weighted by Crippen LogP contribution is -2.33. The number of phenolic OH excluding ortho intramolecular Hbond substituents is 1. The van der Waals surface area contributed by atoms with E-state index in [1.807, 2.05) is 0 Å². The molecular weight excluding hydrogens is 430 g/mol. The second kappa shape index (κ2) is 10.6. The number of nitrogens with one attached hydrogen (secondary N) is 1. The quantitative estimate of drug-likeness (QED) is 0.466. The van der Waals surface area contributed by atoms with Gasteiger partial charge in [0.1, 0.15) is 11.0 Å². The summed E-state index contributed by atoms with van der Waals surface area (Å²) in [4.78, 5) is 43.0. The number of amides is 2. The average Bonchev–Trinajstić information content (AvgIpc) is 3.05. The summed E-state index contributed by atoms with van der Waals surface area (Å²) >= 11 is 1.21. The van der Waals surface area contributed by atoms with Crippen molar-refractivity contribution >= 4 is 46.1 Å². The van der Waals surface area contributed by atoms with Gasteiger partial charge in [0.25, 0.3) is 0 Å². The largest absolute Gasteiger partial charge is 0.508 e. The Balaban J connectivity index is 1.66. The normalized spacial score (nSPS) is 16.8. The van der Waals surface area contributed by atoms with Gasteiger partial charge in [-0.3, -0.25) is 14.5 Å². The second-order valence-electron chi connectivity index (χ2n) is 6.80. The Bertz CT molecular complexity index is 1030. The molecular formula is C23H23N3O5S. The number of phenols is 1. The van der Waals surface area contributed by atoms with Crippen molar-refractivity contribution in [2.24, 2.45) is 4.99 Å². The zero-order valence-corrected chi connectivity index (χ0v) is 18.3. The number of nitrogens with zero attached hydrogens (tertiary/aromatic N) is 2. The van der Waals surface area contributed by atoms with Crippen LogP contribution in [0.15, 0.2) is 66.2 Å². The maximum absolute atomic E-state index is 12.8. The van der Waals surface area contributed by atoms with Crippen LogP contribution in [0.25, 0.3) is 0 Å². The van der Waals surface area contributed by atoms with Crippen molar-refractivity contribution in [3.63, 3.8) is 0 Å². The number of anilines is 1. The summed E-state index contributed by atoms with van der Waals surface area (Å²) in [5, 5.41) is 12.0. The Morgan fingerprint density at radius 3 is 2.53 bits per heavy atom. The molecule has 0 bridgehead atoms. The van der Waals surface area contributed by atoms with Crippen molar-refractivity contribution in [2.45, 2.75) is 18.6 Å². The number of esters is 1. The van der Waals surface area contributed by atoms with Gasteiger partial charge >= 0.3 is 5.97 Å². The first-order valence-electron chi connectivity index (χ1n) is 9.95. The van der Waals surface area contributed by atoms with Crippen LogP contribution in [-0.4, -0.2) is 51.4 Å². The van der Waals surface area contributed by atoms with E-state index in [0.717, 1.165) is 0 Å². The molecule has 1 heterocycles. The third-order valence-electron chi connectivity index (χ3n) is 4.46. The van der Waals surface area contributed by atoms with Crippen LogP contribution in [0.5, 0.6) is 5.75 Å². The number of ether oxygens (including phenoxy) is 1. The predicted octanol–water partition coefficient (Wildman–Crippen LogP) is 3.72. The van der Waals surface area contributed by atoms with Gasteiger partial charge in [-0.1, -0.05) is 17.8 Å². The number of hydrogen-bond acceptors (Lipinski definition) is 7. The highest BCUT2D eigenvalue weighted by Crippen LogP contribution is 2.32. The third-order valence-corrected chi connectivity index (χ3v) is 5.63. The number of carbonyl (C=O) groups is 3. The molecule has 1 atom stereocenters. The number of benzene rings is 2. The molecule has 0 saturated carbocycles.